The monoisotopic (exact) mass is 353 g/mol. The Morgan fingerprint density at radius 2 is 1.92 bits per heavy atom. The molecule has 26 heavy (non-hydrogen) atoms. The summed E-state index contributed by atoms with van der Waals surface area (Å²) in [5.41, 5.74) is 0.450. The van der Waals surface area contributed by atoms with Crippen LogP contribution in [0.25, 0.3) is 11.6 Å². The first-order valence-corrected chi connectivity index (χ1v) is 8.01. The predicted molar refractivity (Wildman–Crippen MR) is 95.1 cm³/mol. The minimum Gasteiger partial charge on any atom is -0.497 e. The summed E-state index contributed by atoms with van der Waals surface area (Å²) in [6, 6.07) is 6.82. The number of benzene rings is 1. The number of methoxy groups -OCH3 is 2. The smallest absolute Gasteiger partial charge is 0.255 e. The molecule has 134 valence electrons. The van der Waals surface area contributed by atoms with E-state index in [-0.39, 0.29) is 5.91 Å². The lowest BCUT2D eigenvalue weighted by Gasteiger charge is -2.11. The van der Waals surface area contributed by atoms with E-state index in [1.807, 2.05) is 10.8 Å². The molecule has 0 saturated heterocycles. The molecule has 0 aliphatic rings. The van der Waals surface area contributed by atoms with Crippen molar-refractivity contribution in [3.63, 3.8) is 0 Å². The Hall–Kier alpha value is -3.42. The Balaban J connectivity index is 1.64. The highest BCUT2D eigenvalue weighted by atomic mass is 16.5. The number of hydrogen-bond donors (Lipinski definition) is 1. The van der Waals surface area contributed by atoms with Gasteiger partial charge in [-0.25, -0.2) is 15.0 Å². The summed E-state index contributed by atoms with van der Waals surface area (Å²) < 4.78 is 12.3. The van der Waals surface area contributed by atoms with E-state index < -0.39 is 0 Å². The molecule has 2 heterocycles. The molecular formula is C18H19N5O3. The molecule has 2 aromatic heterocycles. The van der Waals surface area contributed by atoms with Crippen LogP contribution in [0.3, 0.4) is 0 Å². The number of carbonyl (C=O) groups is 1. The molecule has 3 rings (SSSR count). The van der Waals surface area contributed by atoms with Crippen LogP contribution in [0.2, 0.25) is 0 Å². The van der Waals surface area contributed by atoms with Crippen molar-refractivity contribution >= 4 is 5.91 Å². The molecule has 0 aliphatic carbocycles. The van der Waals surface area contributed by atoms with Gasteiger partial charge in [0.2, 0.25) is 0 Å². The van der Waals surface area contributed by atoms with Gasteiger partial charge in [0.1, 0.15) is 11.5 Å². The van der Waals surface area contributed by atoms with Gasteiger partial charge >= 0.3 is 0 Å². The van der Waals surface area contributed by atoms with Crippen LogP contribution < -0.4 is 14.8 Å². The van der Waals surface area contributed by atoms with E-state index in [4.69, 9.17) is 9.47 Å². The summed E-state index contributed by atoms with van der Waals surface area (Å²) >= 11 is 0. The lowest BCUT2D eigenvalue weighted by atomic mass is 10.1. The first-order chi connectivity index (χ1) is 12.7. The maximum absolute atomic E-state index is 12.4. The highest BCUT2D eigenvalue weighted by Crippen LogP contribution is 2.24. The van der Waals surface area contributed by atoms with Gasteiger partial charge < -0.3 is 19.4 Å². The third-order valence-electron chi connectivity index (χ3n) is 3.77. The van der Waals surface area contributed by atoms with Gasteiger partial charge in [0.25, 0.3) is 5.91 Å². The third-order valence-corrected chi connectivity index (χ3v) is 3.77. The zero-order chi connectivity index (χ0) is 18.4. The number of ether oxygens (including phenoxy) is 2. The van der Waals surface area contributed by atoms with Crippen LogP contribution in [-0.4, -0.2) is 46.2 Å². The third kappa shape index (κ3) is 3.80. The number of nitrogens with one attached hydrogen (secondary N) is 1. The lowest BCUT2D eigenvalue weighted by molar-refractivity contribution is 0.0949. The number of imidazole rings is 1. The molecular weight excluding hydrogens is 334 g/mol. The van der Waals surface area contributed by atoms with Crippen molar-refractivity contribution in [1.82, 2.24) is 24.8 Å². The number of nitrogens with zero attached hydrogens (tertiary/aromatic N) is 4. The number of rotatable bonds is 7. The van der Waals surface area contributed by atoms with E-state index in [1.165, 1.54) is 7.11 Å². The normalized spacial score (nSPS) is 10.4. The van der Waals surface area contributed by atoms with Crippen molar-refractivity contribution in [2.24, 2.45) is 0 Å². The zero-order valence-electron chi connectivity index (χ0n) is 14.5. The molecule has 0 fully saturated rings. The molecule has 1 N–H and O–H groups in total. The maximum atomic E-state index is 12.4. The van der Waals surface area contributed by atoms with Gasteiger partial charge in [-0.3, -0.25) is 4.79 Å². The molecule has 0 spiro atoms. The van der Waals surface area contributed by atoms with Crippen LogP contribution in [0.15, 0.2) is 49.1 Å². The topological polar surface area (TPSA) is 91.2 Å². The van der Waals surface area contributed by atoms with Crippen LogP contribution in [-0.2, 0) is 6.54 Å². The average Bonchev–Trinajstić information content (AvgIpc) is 3.16. The van der Waals surface area contributed by atoms with Crippen molar-refractivity contribution in [3.05, 3.63) is 54.6 Å². The van der Waals surface area contributed by atoms with E-state index in [9.17, 15) is 4.79 Å². The van der Waals surface area contributed by atoms with E-state index in [0.29, 0.717) is 41.8 Å². The lowest BCUT2D eigenvalue weighted by Crippen LogP contribution is -2.27. The quantitative estimate of drug-likeness (QED) is 0.696. The first-order valence-electron chi connectivity index (χ1n) is 8.01. The van der Waals surface area contributed by atoms with Crippen LogP contribution in [0, 0.1) is 0 Å². The fourth-order valence-electron chi connectivity index (χ4n) is 2.48. The van der Waals surface area contributed by atoms with Crippen molar-refractivity contribution in [3.8, 4) is 23.1 Å². The number of hydrogen-bond acceptors (Lipinski definition) is 6. The molecule has 8 nitrogen and oxygen atoms in total. The van der Waals surface area contributed by atoms with E-state index in [1.54, 1.807) is 50.0 Å². The summed E-state index contributed by atoms with van der Waals surface area (Å²) in [7, 11) is 3.08. The molecule has 0 bridgehead atoms. The number of aromatic nitrogens is 4. The van der Waals surface area contributed by atoms with Crippen LogP contribution in [0.5, 0.6) is 11.5 Å². The van der Waals surface area contributed by atoms with E-state index >= 15 is 0 Å². The number of amides is 1. The van der Waals surface area contributed by atoms with Gasteiger partial charge in [-0.05, 0) is 18.2 Å². The summed E-state index contributed by atoms with van der Waals surface area (Å²) in [4.78, 5) is 25.1. The van der Waals surface area contributed by atoms with E-state index in [2.05, 4.69) is 20.3 Å². The summed E-state index contributed by atoms with van der Waals surface area (Å²) in [6.45, 7) is 0.960. The van der Waals surface area contributed by atoms with Gasteiger partial charge in [0.15, 0.2) is 11.6 Å². The molecule has 3 aromatic rings. The van der Waals surface area contributed by atoms with Crippen molar-refractivity contribution in [1.29, 1.82) is 0 Å². The van der Waals surface area contributed by atoms with Crippen molar-refractivity contribution < 1.29 is 14.3 Å². The fraction of sp³-hybridized carbons (Fsp3) is 0.222. The second-order valence-corrected chi connectivity index (χ2v) is 5.34. The Labute approximate surface area is 150 Å². The van der Waals surface area contributed by atoms with Crippen molar-refractivity contribution in [2.75, 3.05) is 20.8 Å². The summed E-state index contributed by atoms with van der Waals surface area (Å²) in [6.07, 6.45) is 6.84. The van der Waals surface area contributed by atoms with E-state index in [0.717, 1.165) is 0 Å². The first kappa shape index (κ1) is 17.4. The Kier molecular flexibility index (Phi) is 5.43. The Morgan fingerprint density at radius 3 is 2.65 bits per heavy atom. The Morgan fingerprint density at radius 1 is 1.12 bits per heavy atom. The molecule has 0 atom stereocenters. The summed E-state index contributed by atoms with van der Waals surface area (Å²) in [5, 5.41) is 2.88. The van der Waals surface area contributed by atoms with Gasteiger partial charge in [0, 0.05) is 43.9 Å². The standard InChI is InChI=1S/C18H19N5O3/c1-25-13-4-5-14(15(12-13)26-2)18(24)22-9-11-23-10-8-21-17(23)16-19-6-3-7-20-16/h3-8,10,12H,9,11H2,1-2H3,(H,22,24). The Bertz CT molecular complexity index is 880. The molecule has 1 aromatic carbocycles. The van der Waals surface area contributed by atoms with Crippen LogP contribution >= 0.6 is 0 Å². The minimum atomic E-state index is -0.220. The van der Waals surface area contributed by atoms with Crippen molar-refractivity contribution in [2.45, 2.75) is 6.54 Å². The largest absolute Gasteiger partial charge is 0.497 e. The molecule has 0 aliphatic heterocycles. The molecule has 0 unspecified atom stereocenters. The number of carbonyl (C=O) groups excluding carboxylic acids is 1. The fourth-order valence-corrected chi connectivity index (χ4v) is 2.48. The van der Waals surface area contributed by atoms with Gasteiger partial charge in [-0.1, -0.05) is 0 Å². The SMILES string of the molecule is COc1ccc(C(=O)NCCn2ccnc2-c2ncccn2)c(OC)c1. The minimum absolute atomic E-state index is 0.220. The molecule has 0 saturated carbocycles. The highest BCUT2D eigenvalue weighted by Gasteiger charge is 2.13. The summed E-state index contributed by atoms with van der Waals surface area (Å²) in [5.74, 6) is 2.07. The molecule has 8 heteroatoms. The van der Waals surface area contributed by atoms with Gasteiger partial charge in [-0.15, -0.1) is 0 Å². The van der Waals surface area contributed by atoms with Gasteiger partial charge in [-0.2, -0.15) is 0 Å². The highest BCUT2D eigenvalue weighted by molar-refractivity contribution is 5.97. The second-order valence-electron chi connectivity index (χ2n) is 5.34. The maximum Gasteiger partial charge on any atom is 0.255 e. The predicted octanol–water partition coefficient (Wildman–Crippen LogP) is 1.79. The molecule has 1 amide bonds. The van der Waals surface area contributed by atoms with Crippen LogP contribution in [0.4, 0.5) is 0 Å². The zero-order valence-corrected chi connectivity index (χ0v) is 14.5. The average molecular weight is 353 g/mol. The van der Waals surface area contributed by atoms with Crippen LogP contribution in [0.1, 0.15) is 10.4 Å². The van der Waals surface area contributed by atoms with Gasteiger partial charge in [0.05, 0.1) is 19.8 Å². The second kappa shape index (κ2) is 8.11. The molecule has 0 radical (unpaired) electrons.